The molecule has 1 aromatic carbocycles. The topological polar surface area (TPSA) is 49.9 Å². The van der Waals surface area contributed by atoms with Gasteiger partial charge in [0.2, 0.25) is 11.8 Å². The van der Waals surface area contributed by atoms with Gasteiger partial charge in [0.15, 0.2) is 0 Å². The number of amides is 2. The monoisotopic (exact) mass is 440 g/mol. The van der Waals surface area contributed by atoms with Crippen LogP contribution in [0.5, 0.6) is 5.75 Å². The number of unbranched alkanes of at least 4 members (excludes halogenated alkanes) is 2. The standard InChI is InChI=1S/C25H32N2O3S/c1-4-6-7-8-23(28)26(15-5-2)18-24(29)27-16-13-22-21(14-17-31-22)25(27)19-9-11-20(30-3)12-10-19/h5,9-12,14,17,25H,2,4,6-8,13,15-16,18H2,1,3H3. The van der Waals surface area contributed by atoms with Crippen LogP contribution in [0.3, 0.4) is 0 Å². The molecule has 0 bridgehead atoms. The highest BCUT2D eigenvalue weighted by molar-refractivity contribution is 7.10. The van der Waals surface area contributed by atoms with Gasteiger partial charge in [0.1, 0.15) is 12.3 Å². The molecule has 6 heteroatoms. The van der Waals surface area contributed by atoms with E-state index in [0.29, 0.717) is 19.5 Å². The molecule has 2 aromatic rings. The van der Waals surface area contributed by atoms with Gasteiger partial charge >= 0.3 is 0 Å². The molecule has 0 N–H and O–H groups in total. The lowest BCUT2D eigenvalue weighted by Crippen LogP contribution is -2.46. The number of carbonyl (C=O) groups excluding carboxylic acids is 2. The fourth-order valence-electron chi connectivity index (χ4n) is 4.08. The third-order valence-electron chi connectivity index (χ3n) is 5.74. The molecule has 1 aromatic heterocycles. The number of methoxy groups -OCH3 is 1. The fourth-order valence-corrected chi connectivity index (χ4v) is 4.98. The predicted molar refractivity (Wildman–Crippen MR) is 125 cm³/mol. The number of hydrogen-bond acceptors (Lipinski definition) is 4. The summed E-state index contributed by atoms with van der Waals surface area (Å²) in [7, 11) is 1.65. The number of carbonyl (C=O) groups is 2. The summed E-state index contributed by atoms with van der Waals surface area (Å²) in [5.74, 6) is 0.789. The number of fused-ring (bicyclic) bond motifs is 1. The molecule has 2 amide bonds. The van der Waals surface area contributed by atoms with E-state index in [4.69, 9.17) is 4.74 Å². The minimum Gasteiger partial charge on any atom is -0.497 e. The molecule has 1 atom stereocenters. The molecular formula is C25H32N2O3S. The van der Waals surface area contributed by atoms with E-state index in [1.165, 1.54) is 10.4 Å². The summed E-state index contributed by atoms with van der Waals surface area (Å²) in [5, 5.41) is 2.09. The summed E-state index contributed by atoms with van der Waals surface area (Å²) in [6, 6.07) is 9.88. The number of benzene rings is 1. The summed E-state index contributed by atoms with van der Waals surface area (Å²) in [4.78, 5) is 31.0. The van der Waals surface area contributed by atoms with E-state index < -0.39 is 0 Å². The normalized spacial score (nSPS) is 15.3. The lowest BCUT2D eigenvalue weighted by Gasteiger charge is -2.37. The van der Waals surface area contributed by atoms with Crippen molar-refractivity contribution in [2.45, 2.75) is 45.1 Å². The molecule has 0 saturated carbocycles. The van der Waals surface area contributed by atoms with E-state index >= 15 is 0 Å². The summed E-state index contributed by atoms with van der Waals surface area (Å²) >= 11 is 1.74. The van der Waals surface area contributed by atoms with Gasteiger partial charge < -0.3 is 14.5 Å². The van der Waals surface area contributed by atoms with Crippen LogP contribution in [0.4, 0.5) is 0 Å². The van der Waals surface area contributed by atoms with E-state index in [1.807, 2.05) is 29.2 Å². The number of nitrogens with zero attached hydrogens (tertiary/aromatic N) is 2. The van der Waals surface area contributed by atoms with Crippen molar-refractivity contribution in [1.29, 1.82) is 0 Å². The van der Waals surface area contributed by atoms with Crippen molar-refractivity contribution >= 4 is 23.2 Å². The second-order valence-corrected chi connectivity index (χ2v) is 8.83. The van der Waals surface area contributed by atoms with E-state index in [1.54, 1.807) is 29.4 Å². The highest BCUT2D eigenvalue weighted by Gasteiger charge is 2.33. The third kappa shape index (κ3) is 5.56. The fraction of sp³-hybridized carbons (Fsp3) is 0.440. The highest BCUT2D eigenvalue weighted by Crippen LogP contribution is 2.38. The van der Waals surface area contributed by atoms with Crippen LogP contribution in [0.15, 0.2) is 48.4 Å². The molecule has 0 fully saturated rings. The molecule has 5 nitrogen and oxygen atoms in total. The van der Waals surface area contributed by atoms with Crippen LogP contribution in [-0.4, -0.2) is 48.4 Å². The Labute approximate surface area is 189 Å². The van der Waals surface area contributed by atoms with Crippen molar-refractivity contribution in [3.05, 3.63) is 64.4 Å². The molecule has 31 heavy (non-hydrogen) atoms. The van der Waals surface area contributed by atoms with Crippen LogP contribution in [0.1, 0.15) is 54.7 Å². The Balaban J connectivity index is 1.81. The first-order valence-corrected chi connectivity index (χ1v) is 11.8. The molecule has 0 saturated heterocycles. The Hall–Kier alpha value is -2.60. The zero-order chi connectivity index (χ0) is 22.2. The van der Waals surface area contributed by atoms with Crippen molar-refractivity contribution in [2.24, 2.45) is 0 Å². The van der Waals surface area contributed by atoms with Crippen molar-refractivity contribution < 1.29 is 14.3 Å². The lowest BCUT2D eigenvalue weighted by molar-refractivity contribution is -0.141. The molecule has 0 spiro atoms. The summed E-state index contributed by atoms with van der Waals surface area (Å²) in [6.07, 6.45) is 5.96. The molecule has 166 valence electrons. The quantitative estimate of drug-likeness (QED) is 0.393. The highest BCUT2D eigenvalue weighted by atomic mass is 32.1. The molecule has 0 aliphatic carbocycles. The second kappa shape index (κ2) is 11.1. The Morgan fingerprint density at radius 3 is 2.71 bits per heavy atom. The van der Waals surface area contributed by atoms with Crippen LogP contribution < -0.4 is 4.74 Å². The molecule has 3 rings (SSSR count). The Kier molecular flexibility index (Phi) is 8.29. The maximum absolute atomic E-state index is 13.4. The zero-order valence-electron chi connectivity index (χ0n) is 18.5. The van der Waals surface area contributed by atoms with Gasteiger partial charge in [-0.3, -0.25) is 9.59 Å². The van der Waals surface area contributed by atoms with Crippen LogP contribution in [0.25, 0.3) is 0 Å². The van der Waals surface area contributed by atoms with Crippen LogP contribution in [-0.2, 0) is 16.0 Å². The van der Waals surface area contributed by atoms with E-state index in [9.17, 15) is 9.59 Å². The largest absolute Gasteiger partial charge is 0.497 e. The van der Waals surface area contributed by atoms with Gasteiger partial charge in [-0.25, -0.2) is 0 Å². The second-order valence-electron chi connectivity index (χ2n) is 7.83. The molecular weight excluding hydrogens is 408 g/mol. The molecule has 1 unspecified atom stereocenters. The first-order valence-electron chi connectivity index (χ1n) is 11.0. The number of hydrogen-bond donors (Lipinski definition) is 0. The Bertz CT molecular complexity index is 890. The van der Waals surface area contributed by atoms with Gasteiger partial charge in [-0.15, -0.1) is 17.9 Å². The van der Waals surface area contributed by atoms with Gasteiger partial charge in [0.25, 0.3) is 0 Å². The average molecular weight is 441 g/mol. The first kappa shape index (κ1) is 23.1. The van der Waals surface area contributed by atoms with Crippen molar-refractivity contribution in [3.63, 3.8) is 0 Å². The maximum Gasteiger partial charge on any atom is 0.243 e. The van der Waals surface area contributed by atoms with Crippen molar-refractivity contribution in [1.82, 2.24) is 9.80 Å². The van der Waals surface area contributed by atoms with Crippen LogP contribution in [0, 0.1) is 0 Å². The van der Waals surface area contributed by atoms with Gasteiger partial charge in [-0.2, -0.15) is 0 Å². The van der Waals surface area contributed by atoms with E-state index in [0.717, 1.165) is 37.0 Å². The van der Waals surface area contributed by atoms with Gasteiger partial charge in [0, 0.05) is 24.4 Å². The summed E-state index contributed by atoms with van der Waals surface area (Å²) < 4.78 is 5.30. The third-order valence-corrected chi connectivity index (χ3v) is 6.74. The van der Waals surface area contributed by atoms with E-state index in [2.05, 4.69) is 24.9 Å². The molecule has 1 aliphatic heterocycles. The molecule has 2 heterocycles. The van der Waals surface area contributed by atoms with E-state index in [-0.39, 0.29) is 24.4 Å². The Morgan fingerprint density at radius 2 is 2.03 bits per heavy atom. The Morgan fingerprint density at radius 1 is 1.26 bits per heavy atom. The number of thiophene rings is 1. The van der Waals surface area contributed by atoms with Gasteiger partial charge in [-0.1, -0.05) is 38.0 Å². The van der Waals surface area contributed by atoms with Crippen molar-refractivity contribution in [2.75, 3.05) is 26.7 Å². The van der Waals surface area contributed by atoms with Gasteiger partial charge in [0.05, 0.1) is 13.2 Å². The summed E-state index contributed by atoms with van der Waals surface area (Å²) in [5.41, 5.74) is 2.23. The maximum atomic E-state index is 13.4. The molecule has 1 aliphatic rings. The smallest absolute Gasteiger partial charge is 0.243 e. The first-order chi connectivity index (χ1) is 15.1. The number of ether oxygens (including phenoxy) is 1. The average Bonchev–Trinajstić information content (AvgIpc) is 3.27. The predicted octanol–water partition coefficient (Wildman–Crippen LogP) is 4.83. The van der Waals surface area contributed by atoms with Crippen LogP contribution in [0.2, 0.25) is 0 Å². The minimum absolute atomic E-state index is 0.0240. The van der Waals surface area contributed by atoms with Crippen molar-refractivity contribution in [3.8, 4) is 5.75 Å². The van der Waals surface area contributed by atoms with Gasteiger partial charge in [-0.05, 0) is 47.5 Å². The molecule has 0 radical (unpaired) electrons. The van der Waals surface area contributed by atoms with Crippen LogP contribution >= 0.6 is 11.3 Å². The summed E-state index contributed by atoms with van der Waals surface area (Å²) in [6.45, 7) is 7.01. The SMILES string of the molecule is C=CCN(CC(=O)N1CCc2sccc2C1c1ccc(OC)cc1)C(=O)CCCCC. The zero-order valence-corrected chi connectivity index (χ0v) is 19.3. The minimum atomic E-state index is -0.144. The number of rotatable bonds is 10. The lowest BCUT2D eigenvalue weighted by atomic mass is 9.93.